The molecule has 4 heteroatoms. The van der Waals surface area contributed by atoms with Gasteiger partial charge in [-0.2, -0.15) is 0 Å². The largest absolute Gasteiger partial charge is 1.00 e. The van der Waals surface area contributed by atoms with Crippen molar-refractivity contribution >= 4 is 0 Å². The molecule has 0 saturated carbocycles. The van der Waals surface area contributed by atoms with Gasteiger partial charge in [-0.05, 0) is 0 Å². The Bertz CT molecular complexity index is 173. The van der Waals surface area contributed by atoms with Crippen LogP contribution < -0.4 is 37.2 Å². The Labute approximate surface area is 102 Å². The summed E-state index contributed by atoms with van der Waals surface area (Å²) >= 11 is 2.65. The molecule has 69 valence electrons. The molecule has 0 unspecified atom stereocenters. The van der Waals surface area contributed by atoms with Crippen LogP contribution in [0.25, 0.3) is 0 Å². The molecule has 1 aliphatic carbocycles. The van der Waals surface area contributed by atoms with E-state index in [9.17, 15) is 0 Å². The molecule has 0 aromatic carbocycles. The third-order valence-corrected chi connectivity index (χ3v) is 2.25. The molecule has 0 fully saturated rings. The van der Waals surface area contributed by atoms with E-state index in [4.69, 9.17) is 0 Å². The number of hydrogen-bond acceptors (Lipinski definition) is 0. The smallest absolute Gasteiger partial charge is 1.00 e. The molecule has 0 spiro atoms. The van der Waals surface area contributed by atoms with Crippen molar-refractivity contribution in [2.24, 2.45) is 5.92 Å². The topological polar surface area (TPSA) is 0 Å². The number of rotatable bonds is 1. The van der Waals surface area contributed by atoms with Crippen molar-refractivity contribution in [3.63, 3.8) is 0 Å². The van der Waals surface area contributed by atoms with E-state index < -0.39 is 0 Å². The fraction of sp³-hybridized carbons (Fsp3) is 0.500. The Morgan fingerprint density at radius 2 is 1.75 bits per heavy atom. The second-order valence-electron chi connectivity index (χ2n) is 2.66. The minimum atomic E-state index is 0. The molecule has 0 radical (unpaired) electrons. The molecule has 0 aliphatic heterocycles. The van der Waals surface area contributed by atoms with Gasteiger partial charge in [-0.15, -0.1) is 0 Å². The number of hydrogen-bond donors (Lipinski definition) is 0. The average Bonchev–Trinajstić information content (AvgIpc) is 2.13. The van der Waals surface area contributed by atoms with E-state index in [1.807, 2.05) is 0 Å². The van der Waals surface area contributed by atoms with Gasteiger partial charge in [-0.3, -0.25) is 0 Å². The second-order valence-corrected chi connectivity index (χ2v) is 3.51. The van der Waals surface area contributed by atoms with Crippen LogP contribution in [0.4, 0.5) is 0 Å². The molecule has 0 amide bonds. The summed E-state index contributed by atoms with van der Waals surface area (Å²) in [4.78, 5) is 0. The Morgan fingerprint density at radius 1 is 1.25 bits per heavy atom. The van der Waals surface area contributed by atoms with E-state index >= 15 is 0 Å². The van der Waals surface area contributed by atoms with Crippen LogP contribution in [0.15, 0.2) is 22.0 Å². The molecule has 0 bridgehead atoms. The standard InChI is InChI=1S/C8H11.3ClH.V/c1-7(2)8-5-3-4-6-8;;;;/h3,5,7H,4H2,1-2H3;3*1H;/q;;;;+3/p-3. The van der Waals surface area contributed by atoms with E-state index in [0.717, 1.165) is 6.42 Å². The van der Waals surface area contributed by atoms with Gasteiger partial charge in [0.15, 0.2) is 0 Å². The first-order valence-corrected chi connectivity index (χ1v) is 4.00. The summed E-state index contributed by atoms with van der Waals surface area (Å²) in [7, 11) is 0. The van der Waals surface area contributed by atoms with Gasteiger partial charge in [0.1, 0.15) is 0 Å². The third kappa shape index (κ3) is 4.84. The molecule has 0 aromatic heterocycles. The van der Waals surface area contributed by atoms with E-state index in [0.29, 0.717) is 5.92 Å². The molecule has 0 aromatic rings. The fourth-order valence-corrected chi connectivity index (χ4v) is 1.72. The summed E-state index contributed by atoms with van der Waals surface area (Å²) in [6, 6.07) is 0. The van der Waals surface area contributed by atoms with E-state index in [2.05, 4.69) is 43.4 Å². The predicted octanol–water partition coefficient (Wildman–Crippen LogP) is -6.58. The number of halogens is 3. The average molecular weight is 264 g/mol. The monoisotopic (exact) mass is 263 g/mol. The molecular formula is C8H11Cl3V. The maximum absolute atomic E-state index is 2.65. The van der Waals surface area contributed by atoms with Crippen LogP contribution in [0.1, 0.15) is 20.3 Å². The summed E-state index contributed by atoms with van der Waals surface area (Å²) in [6.07, 6.45) is 5.61. The van der Waals surface area contributed by atoms with Crippen LogP contribution in [0.2, 0.25) is 0 Å². The summed E-state index contributed by atoms with van der Waals surface area (Å²) < 4.78 is 1.48. The van der Waals surface area contributed by atoms with E-state index in [-0.39, 0.29) is 37.2 Å². The first kappa shape index (κ1) is 18.7. The summed E-state index contributed by atoms with van der Waals surface area (Å²) in [5.74, 6) is 0.696. The summed E-state index contributed by atoms with van der Waals surface area (Å²) in [6.45, 7) is 4.47. The Morgan fingerprint density at radius 3 is 1.92 bits per heavy atom. The van der Waals surface area contributed by atoms with Crippen LogP contribution in [-0.2, 0) is 17.4 Å². The van der Waals surface area contributed by atoms with Crippen molar-refractivity contribution in [3.05, 3.63) is 22.0 Å². The van der Waals surface area contributed by atoms with E-state index in [1.165, 1.54) is 9.86 Å². The summed E-state index contributed by atoms with van der Waals surface area (Å²) in [5.41, 5.74) is 1.51. The van der Waals surface area contributed by atoms with Crippen molar-refractivity contribution in [1.29, 1.82) is 0 Å². The fourth-order valence-electron chi connectivity index (χ4n) is 1.04. The molecule has 0 nitrogen and oxygen atoms in total. The van der Waals surface area contributed by atoms with Crippen molar-refractivity contribution in [1.82, 2.24) is 0 Å². The van der Waals surface area contributed by atoms with Crippen LogP contribution in [-0.4, -0.2) is 0 Å². The van der Waals surface area contributed by atoms with Gasteiger partial charge < -0.3 is 37.2 Å². The minimum Gasteiger partial charge on any atom is -1.00 e. The summed E-state index contributed by atoms with van der Waals surface area (Å²) in [5, 5.41) is 0. The zero-order valence-electron chi connectivity index (χ0n) is 7.02. The first-order valence-electron chi connectivity index (χ1n) is 3.30. The second kappa shape index (κ2) is 8.53. The van der Waals surface area contributed by atoms with Gasteiger partial charge in [0.05, 0.1) is 0 Å². The zero-order valence-corrected chi connectivity index (χ0v) is 10.7. The van der Waals surface area contributed by atoms with Crippen molar-refractivity contribution in [2.45, 2.75) is 20.3 Å². The molecule has 1 aliphatic rings. The van der Waals surface area contributed by atoms with Crippen molar-refractivity contribution in [3.8, 4) is 0 Å². The predicted molar refractivity (Wildman–Crippen MR) is 35.6 cm³/mol. The molecule has 12 heavy (non-hydrogen) atoms. The first-order chi connectivity index (χ1) is 4.22. The number of allylic oxidation sites excluding steroid dienone is 4. The van der Waals surface area contributed by atoms with Crippen LogP contribution in [0.5, 0.6) is 0 Å². The van der Waals surface area contributed by atoms with Gasteiger partial charge in [-0.25, -0.2) is 0 Å². The molecule has 1 rings (SSSR count). The molecule has 0 heterocycles. The van der Waals surface area contributed by atoms with Crippen molar-refractivity contribution < 1.29 is 54.6 Å². The normalized spacial score (nSPS) is 13.8. The molecule has 0 saturated heterocycles. The van der Waals surface area contributed by atoms with Gasteiger partial charge >= 0.3 is 65.6 Å². The maximum Gasteiger partial charge on any atom is -1.00 e. The van der Waals surface area contributed by atoms with Crippen LogP contribution in [0.3, 0.4) is 0 Å². The van der Waals surface area contributed by atoms with Gasteiger partial charge in [0, 0.05) is 0 Å². The zero-order chi connectivity index (χ0) is 6.85. The molecule has 0 atom stereocenters. The Balaban J connectivity index is -0.000000270. The van der Waals surface area contributed by atoms with E-state index in [1.54, 1.807) is 0 Å². The van der Waals surface area contributed by atoms with Gasteiger partial charge in [0.2, 0.25) is 0 Å². The van der Waals surface area contributed by atoms with Gasteiger partial charge in [-0.1, -0.05) is 0 Å². The minimum absolute atomic E-state index is 0. The quantitative estimate of drug-likeness (QED) is 0.442. The van der Waals surface area contributed by atoms with Crippen LogP contribution >= 0.6 is 0 Å². The Kier molecular flexibility index (Phi) is 13.3. The molecular weight excluding hydrogens is 253 g/mol. The van der Waals surface area contributed by atoms with Crippen molar-refractivity contribution in [2.75, 3.05) is 0 Å². The molecule has 0 N–H and O–H groups in total. The van der Waals surface area contributed by atoms with Crippen LogP contribution in [0, 0.1) is 5.92 Å². The Hall–Kier alpha value is 0.934. The SMILES string of the molecule is CC(C)C1=[C]([V+3])CC=C1.[Cl-].[Cl-].[Cl-]. The van der Waals surface area contributed by atoms with Gasteiger partial charge in [0.25, 0.3) is 0 Å². The third-order valence-electron chi connectivity index (χ3n) is 1.56. The maximum atomic E-state index is 2.65.